The number of hydrogen-bond donors (Lipinski definition) is 1. The van der Waals surface area contributed by atoms with Crippen LogP contribution in [0.3, 0.4) is 0 Å². The maximum absolute atomic E-state index is 13.1. The molecule has 0 saturated heterocycles. The largest absolute Gasteiger partial charge is 0.466 e. The normalized spacial score (nSPS) is 19.2. The Bertz CT molecular complexity index is 926. The van der Waals surface area contributed by atoms with Crippen molar-refractivity contribution in [3.05, 3.63) is 65.5 Å². The van der Waals surface area contributed by atoms with Crippen molar-refractivity contribution in [2.75, 3.05) is 6.61 Å². The Morgan fingerprint density at radius 1 is 1.07 bits per heavy atom. The quantitative estimate of drug-likeness (QED) is 0.664. The van der Waals surface area contributed by atoms with Crippen LogP contribution in [0.25, 0.3) is 0 Å². The molecule has 1 N–H and O–H groups in total. The number of halogens is 1. The van der Waals surface area contributed by atoms with E-state index in [1.807, 2.05) is 24.3 Å². The average Bonchev–Trinajstić information content (AvgIpc) is 3.10. The molecule has 2 atom stereocenters. The van der Waals surface area contributed by atoms with Crippen molar-refractivity contribution in [3.8, 4) is 0 Å². The summed E-state index contributed by atoms with van der Waals surface area (Å²) in [6, 6.07) is 12.5. The highest BCUT2D eigenvalue weighted by atomic mass is 32.2. The number of esters is 1. The van der Waals surface area contributed by atoms with Gasteiger partial charge >= 0.3 is 5.97 Å². The molecule has 2 aromatic carbocycles. The fourth-order valence-electron chi connectivity index (χ4n) is 3.79. The van der Waals surface area contributed by atoms with Gasteiger partial charge in [0.05, 0.1) is 17.9 Å². The van der Waals surface area contributed by atoms with Crippen LogP contribution in [0.1, 0.15) is 37.3 Å². The van der Waals surface area contributed by atoms with Crippen LogP contribution < -0.4 is 4.72 Å². The molecule has 0 heterocycles. The molecular formula is C22H26FNO4S. The van der Waals surface area contributed by atoms with E-state index in [9.17, 15) is 17.6 Å². The number of sulfonamides is 1. The Labute approximate surface area is 171 Å². The highest BCUT2D eigenvalue weighted by Crippen LogP contribution is 2.30. The van der Waals surface area contributed by atoms with E-state index in [0.717, 1.165) is 48.9 Å². The van der Waals surface area contributed by atoms with Crippen molar-refractivity contribution in [2.24, 2.45) is 5.92 Å². The van der Waals surface area contributed by atoms with Gasteiger partial charge in [-0.2, -0.15) is 0 Å². The van der Waals surface area contributed by atoms with Crippen molar-refractivity contribution in [1.29, 1.82) is 0 Å². The van der Waals surface area contributed by atoms with Gasteiger partial charge in [0.25, 0.3) is 0 Å². The monoisotopic (exact) mass is 419 g/mol. The minimum absolute atomic E-state index is 0.0767. The van der Waals surface area contributed by atoms with Gasteiger partial charge in [-0.1, -0.05) is 30.7 Å². The molecule has 3 rings (SSSR count). The van der Waals surface area contributed by atoms with Crippen molar-refractivity contribution in [1.82, 2.24) is 4.72 Å². The first-order chi connectivity index (χ1) is 13.9. The van der Waals surface area contributed by atoms with E-state index in [1.54, 1.807) is 6.92 Å². The molecule has 0 spiro atoms. The van der Waals surface area contributed by atoms with Gasteiger partial charge in [0.2, 0.25) is 10.0 Å². The molecule has 1 aliphatic rings. The summed E-state index contributed by atoms with van der Waals surface area (Å²) in [5.41, 5.74) is 2.00. The lowest BCUT2D eigenvalue weighted by atomic mass is 9.94. The zero-order valence-corrected chi connectivity index (χ0v) is 17.3. The first kappa shape index (κ1) is 21.5. The Balaban J connectivity index is 1.62. The SMILES string of the molecule is CCOC(=O)Cc1ccc(CC2CCCC2NS(=O)(=O)c2ccc(F)cc2)cc1. The molecule has 0 amide bonds. The summed E-state index contributed by atoms with van der Waals surface area (Å²) in [6.07, 6.45) is 3.70. The zero-order chi connectivity index (χ0) is 20.9. The summed E-state index contributed by atoms with van der Waals surface area (Å²) in [7, 11) is -3.68. The predicted octanol–water partition coefficient (Wildman–Crippen LogP) is 3.62. The molecule has 1 fully saturated rings. The highest BCUT2D eigenvalue weighted by Gasteiger charge is 2.31. The van der Waals surface area contributed by atoms with Crippen LogP contribution in [0.15, 0.2) is 53.4 Å². The number of hydrogen-bond acceptors (Lipinski definition) is 4. The van der Waals surface area contributed by atoms with E-state index in [-0.39, 0.29) is 29.2 Å². The second-order valence-corrected chi connectivity index (χ2v) is 9.09. The lowest BCUT2D eigenvalue weighted by molar-refractivity contribution is -0.142. The van der Waals surface area contributed by atoms with Crippen LogP contribution >= 0.6 is 0 Å². The molecule has 1 aliphatic carbocycles. The lowest BCUT2D eigenvalue weighted by Gasteiger charge is -2.21. The summed E-state index contributed by atoms with van der Waals surface area (Å²) >= 11 is 0. The Morgan fingerprint density at radius 3 is 2.38 bits per heavy atom. The first-order valence-corrected chi connectivity index (χ1v) is 11.4. The number of carbonyl (C=O) groups excluding carboxylic acids is 1. The summed E-state index contributed by atoms with van der Waals surface area (Å²) in [5, 5.41) is 0. The van der Waals surface area contributed by atoms with Gasteiger partial charge in [-0.05, 0) is 67.5 Å². The van der Waals surface area contributed by atoms with E-state index in [2.05, 4.69) is 4.72 Å². The van der Waals surface area contributed by atoms with Crippen molar-refractivity contribution >= 4 is 16.0 Å². The highest BCUT2D eigenvalue weighted by molar-refractivity contribution is 7.89. The third kappa shape index (κ3) is 5.87. The van der Waals surface area contributed by atoms with Crippen LogP contribution in [0.2, 0.25) is 0 Å². The van der Waals surface area contributed by atoms with Gasteiger partial charge in [-0.3, -0.25) is 4.79 Å². The Kier molecular flexibility index (Phi) is 7.03. The number of ether oxygens (including phenoxy) is 1. The van der Waals surface area contributed by atoms with Gasteiger partial charge in [0.15, 0.2) is 0 Å². The zero-order valence-electron chi connectivity index (χ0n) is 16.4. The molecule has 2 unspecified atom stereocenters. The predicted molar refractivity (Wildman–Crippen MR) is 108 cm³/mol. The molecule has 29 heavy (non-hydrogen) atoms. The number of rotatable bonds is 8. The van der Waals surface area contributed by atoms with Gasteiger partial charge in [0.1, 0.15) is 5.82 Å². The van der Waals surface area contributed by atoms with E-state index in [4.69, 9.17) is 4.74 Å². The van der Waals surface area contributed by atoms with Crippen molar-refractivity contribution in [3.63, 3.8) is 0 Å². The molecular weight excluding hydrogens is 393 g/mol. The van der Waals surface area contributed by atoms with E-state index in [0.29, 0.717) is 6.61 Å². The van der Waals surface area contributed by atoms with E-state index < -0.39 is 15.8 Å². The van der Waals surface area contributed by atoms with Crippen molar-refractivity contribution < 1.29 is 22.3 Å². The molecule has 5 nitrogen and oxygen atoms in total. The van der Waals surface area contributed by atoms with Gasteiger partial charge in [-0.25, -0.2) is 17.5 Å². The molecule has 0 bridgehead atoms. The average molecular weight is 420 g/mol. The maximum atomic E-state index is 13.1. The van der Waals surface area contributed by atoms with Crippen LogP contribution in [0.4, 0.5) is 4.39 Å². The molecule has 1 saturated carbocycles. The second-order valence-electron chi connectivity index (χ2n) is 7.38. The first-order valence-electron chi connectivity index (χ1n) is 9.88. The molecule has 7 heteroatoms. The van der Waals surface area contributed by atoms with Crippen LogP contribution in [-0.2, 0) is 32.4 Å². The summed E-state index contributed by atoms with van der Waals surface area (Å²) in [6.45, 7) is 2.15. The van der Waals surface area contributed by atoms with E-state index in [1.165, 1.54) is 12.1 Å². The van der Waals surface area contributed by atoms with Gasteiger partial charge in [-0.15, -0.1) is 0 Å². The summed E-state index contributed by atoms with van der Waals surface area (Å²) in [5.74, 6) is -0.512. The van der Waals surface area contributed by atoms with Crippen LogP contribution in [-0.4, -0.2) is 27.0 Å². The second kappa shape index (κ2) is 9.50. The lowest BCUT2D eigenvalue weighted by Crippen LogP contribution is -2.38. The Morgan fingerprint density at radius 2 is 1.72 bits per heavy atom. The fourth-order valence-corrected chi connectivity index (χ4v) is 5.13. The number of carbonyl (C=O) groups is 1. The third-order valence-corrected chi connectivity index (χ3v) is 6.77. The minimum Gasteiger partial charge on any atom is -0.466 e. The molecule has 156 valence electrons. The Hall–Kier alpha value is -2.25. The fraction of sp³-hybridized carbons (Fsp3) is 0.409. The molecule has 0 radical (unpaired) electrons. The molecule has 0 aliphatic heterocycles. The number of benzene rings is 2. The van der Waals surface area contributed by atoms with Gasteiger partial charge in [0, 0.05) is 6.04 Å². The van der Waals surface area contributed by atoms with Crippen LogP contribution in [0.5, 0.6) is 0 Å². The standard InChI is InChI=1S/C22H26FNO4S/c1-2-28-22(25)15-17-8-6-16(7-9-17)14-18-4-3-5-21(18)24-29(26,27)20-12-10-19(23)11-13-20/h6-13,18,21,24H,2-5,14-15H2,1H3. The summed E-state index contributed by atoms with van der Waals surface area (Å²) < 4.78 is 46.1. The number of nitrogens with one attached hydrogen (secondary N) is 1. The smallest absolute Gasteiger partial charge is 0.310 e. The van der Waals surface area contributed by atoms with Crippen molar-refractivity contribution in [2.45, 2.75) is 50.0 Å². The molecule has 0 aromatic heterocycles. The minimum atomic E-state index is -3.68. The third-order valence-electron chi connectivity index (χ3n) is 5.26. The van der Waals surface area contributed by atoms with E-state index >= 15 is 0 Å². The summed E-state index contributed by atoms with van der Waals surface area (Å²) in [4.78, 5) is 11.7. The van der Waals surface area contributed by atoms with Crippen LogP contribution in [0, 0.1) is 11.7 Å². The molecule has 2 aromatic rings. The maximum Gasteiger partial charge on any atom is 0.310 e. The topological polar surface area (TPSA) is 72.5 Å². The van der Waals surface area contributed by atoms with Gasteiger partial charge < -0.3 is 4.74 Å².